The van der Waals surface area contributed by atoms with E-state index in [4.69, 9.17) is 4.74 Å². The lowest BCUT2D eigenvalue weighted by atomic mass is 9.89. The highest BCUT2D eigenvalue weighted by atomic mass is 19.1. The van der Waals surface area contributed by atoms with Crippen molar-refractivity contribution in [3.8, 4) is 22.6 Å². The number of aliphatic hydroxyl groups is 2. The Hall–Kier alpha value is -2.99. The molecule has 0 amide bonds. The van der Waals surface area contributed by atoms with E-state index in [0.717, 1.165) is 23.2 Å². The number of phenols is 1. The quantitative estimate of drug-likeness (QED) is 0.712. The SMILES string of the molecule is OC1=CC([C@H]2COc3c(-c4cccc(O)c4)cccc3N2C[C@@H](O)CF)CC=C1. The number of phenolic OH excluding ortho intramolecular Hbond substituents is 1. The van der Waals surface area contributed by atoms with E-state index >= 15 is 0 Å². The average molecular weight is 397 g/mol. The third kappa shape index (κ3) is 3.93. The molecule has 0 saturated heterocycles. The lowest BCUT2D eigenvalue weighted by Gasteiger charge is -2.43. The van der Waals surface area contributed by atoms with Gasteiger partial charge in [-0.05, 0) is 42.3 Å². The van der Waals surface area contributed by atoms with Crippen molar-refractivity contribution in [3.63, 3.8) is 0 Å². The first-order valence-corrected chi connectivity index (χ1v) is 9.70. The number of hydrogen-bond acceptors (Lipinski definition) is 5. The second kappa shape index (κ2) is 8.17. The van der Waals surface area contributed by atoms with E-state index in [1.807, 2.05) is 35.2 Å². The molecular weight excluding hydrogens is 373 g/mol. The predicted octanol–water partition coefficient (Wildman–Crippen LogP) is 3.98. The number of hydrogen-bond donors (Lipinski definition) is 3. The molecular formula is C23H24FNO4. The van der Waals surface area contributed by atoms with Crippen LogP contribution in [0.1, 0.15) is 6.42 Å². The van der Waals surface area contributed by atoms with Crippen LogP contribution in [0, 0.1) is 5.92 Å². The van der Waals surface area contributed by atoms with Crippen LogP contribution in [0.15, 0.2) is 66.5 Å². The van der Waals surface area contributed by atoms with Gasteiger partial charge in [0.05, 0.1) is 17.8 Å². The Balaban J connectivity index is 1.75. The number of halogens is 1. The number of ether oxygens (including phenoxy) is 1. The maximum Gasteiger partial charge on any atom is 0.150 e. The second-order valence-electron chi connectivity index (χ2n) is 7.44. The molecule has 0 aromatic heterocycles. The molecule has 0 fully saturated rings. The van der Waals surface area contributed by atoms with Gasteiger partial charge in [0.25, 0.3) is 0 Å². The van der Waals surface area contributed by atoms with Gasteiger partial charge in [-0.1, -0.05) is 30.3 Å². The molecule has 5 nitrogen and oxygen atoms in total. The van der Waals surface area contributed by atoms with Gasteiger partial charge in [-0.2, -0.15) is 0 Å². The summed E-state index contributed by atoms with van der Waals surface area (Å²) < 4.78 is 19.3. The first-order valence-electron chi connectivity index (χ1n) is 9.70. The topological polar surface area (TPSA) is 73.2 Å². The second-order valence-corrected chi connectivity index (χ2v) is 7.44. The molecule has 1 aliphatic heterocycles. The van der Waals surface area contributed by atoms with Gasteiger partial charge in [0.1, 0.15) is 24.8 Å². The van der Waals surface area contributed by atoms with E-state index in [9.17, 15) is 19.7 Å². The maximum absolute atomic E-state index is 13.1. The van der Waals surface area contributed by atoms with Gasteiger partial charge in [-0.3, -0.25) is 0 Å². The number of alkyl halides is 1. The molecule has 3 N–H and O–H groups in total. The molecule has 0 bridgehead atoms. The van der Waals surface area contributed by atoms with Gasteiger partial charge in [0.15, 0.2) is 5.75 Å². The van der Waals surface area contributed by atoms with Gasteiger partial charge >= 0.3 is 0 Å². The van der Waals surface area contributed by atoms with Crippen molar-refractivity contribution in [1.82, 2.24) is 0 Å². The fraction of sp³-hybridized carbons (Fsp3) is 0.304. The number of aromatic hydroxyl groups is 1. The van der Waals surface area contributed by atoms with E-state index in [0.29, 0.717) is 12.4 Å². The maximum atomic E-state index is 13.1. The summed E-state index contributed by atoms with van der Waals surface area (Å²) in [6, 6.07) is 12.4. The van der Waals surface area contributed by atoms with Crippen LogP contribution in [0.5, 0.6) is 11.5 Å². The van der Waals surface area contributed by atoms with Crippen molar-refractivity contribution in [3.05, 3.63) is 66.5 Å². The Morgan fingerprint density at radius 2 is 2.00 bits per heavy atom. The number of β-amino-alcohol motifs (C(OH)–C–C–N with tert-alkyl or cyclic N) is 1. The van der Waals surface area contributed by atoms with Crippen LogP contribution in [0.2, 0.25) is 0 Å². The van der Waals surface area contributed by atoms with Crippen LogP contribution in [0.3, 0.4) is 0 Å². The third-order valence-corrected chi connectivity index (χ3v) is 5.42. The zero-order valence-electron chi connectivity index (χ0n) is 15.9. The minimum Gasteiger partial charge on any atom is -0.508 e. The largest absolute Gasteiger partial charge is 0.508 e. The van der Waals surface area contributed by atoms with Crippen LogP contribution in [-0.4, -0.2) is 47.3 Å². The number of aliphatic hydroxyl groups excluding tert-OH is 2. The summed E-state index contributed by atoms with van der Waals surface area (Å²) in [6.45, 7) is -0.378. The van der Waals surface area contributed by atoms with E-state index in [1.165, 1.54) is 0 Å². The van der Waals surface area contributed by atoms with Crippen LogP contribution < -0.4 is 9.64 Å². The molecule has 3 atom stereocenters. The van der Waals surface area contributed by atoms with Crippen LogP contribution in [0.25, 0.3) is 11.1 Å². The summed E-state index contributed by atoms with van der Waals surface area (Å²) in [4.78, 5) is 1.98. The molecule has 2 aliphatic rings. The Morgan fingerprint density at radius 1 is 1.17 bits per heavy atom. The third-order valence-electron chi connectivity index (χ3n) is 5.42. The smallest absolute Gasteiger partial charge is 0.150 e. The van der Waals surface area contributed by atoms with Crippen molar-refractivity contribution in [2.45, 2.75) is 18.6 Å². The number of fused-ring (bicyclic) bond motifs is 1. The predicted molar refractivity (Wildman–Crippen MR) is 110 cm³/mol. The molecule has 2 aromatic carbocycles. The number of allylic oxidation sites excluding steroid dienone is 2. The molecule has 1 unspecified atom stereocenters. The molecule has 0 radical (unpaired) electrons. The zero-order chi connectivity index (χ0) is 20.4. The molecule has 4 rings (SSSR count). The van der Waals surface area contributed by atoms with Gasteiger partial charge in [0, 0.05) is 18.0 Å². The average Bonchev–Trinajstić information content (AvgIpc) is 2.73. The Kier molecular flexibility index (Phi) is 5.45. The van der Waals surface area contributed by atoms with E-state index in [1.54, 1.807) is 30.4 Å². The van der Waals surface area contributed by atoms with Crippen molar-refractivity contribution >= 4 is 5.69 Å². The fourth-order valence-electron chi connectivity index (χ4n) is 4.06. The number of nitrogens with zero attached hydrogens (tertiary/aromatic N) is 1. The van der Waals surface area contributed by atoms with Gasteiger partial charge in [-0.15, -0.1) is 0 Å². The molecule has 29 heavy (non-hydrogen) atoms. The number of benzene rings is 2. The van der Waals surface area contributed by atoms with Crippen LogP contribution in [0.4, 0.5) is 10.1 Å². The Labute approximate surface area is 169 Å². The highest BCUT2D eigenvalue weighted by Gasteiger charge is 2.35. The van der Waals surface area contributed by atoms with Gasteiger partial charge < -0.3 is 25.0 Å². The normalized spacial score (nSPS) is 21.9. The highest BCUT2D eigenvalue weighted by Crippen LogP contribution is 2.44. The van der Waals surface area contributed by atoms with Gasteiger partial charge in [0.2, 0.25) is 0 Å². The molecule has 0 saturated carbocycles. The first kappa shape index (κ1) is 19.3. The van der Waals surface area contributed by atoms with Crippen molar-refractivity contribution in [1.29, 1.82) is 0 Å². The van der Waals surface area contributed by atoms with Gasteiger partial charge in [-0.25, -0.2) is 4.39 Å². The lowest BCUT2D eigenvalue weighted by Crippen LogP contribution is -2.50. The molecule has 1 aliphatic carbocycles. The Morgan fingerprint density at radius 3 is 2.76 bits per heavy atom. The summed E-state index contributed by atoms with van der Waals surface area (Å²) in [5.41, 5.74) is 2.39. The summed E-state index contributed by atoms with van der Waals surface area (Å²) in [7, 11) is 0. The van der Waals surface area contributed by atoms with Crippen LogP contribution in [-0.2, 0) is 0 Å². The van der Waals surface area contributed by atoms with E-state index in [-0.39, 0.29) is 30.0 Å². The lowest BCUT2D eigenvalue weighted by molar-refractivity contribution is 0.133. The molecule has 2 aromatic rings. The minimum absolute atomic E-state index is 0.0237. The first-order chi connectivity index (χ1) is 14.1. The van der Waals surface area contributed by atoms with Crippen molar-refractivity contribution in [2.24, 2.45) is 5.92 Å². The molecule has 1 heterocycles. The summed E-state index contributed by atoms with van der Waals surface area (Å²) in [6.07, 6.45) is 4.95. The Bertz CT molecular complexity index is 942. The standard InChI is InChI=1S/C23H24FNO4/c24-12-19(28)13-25-21-9-3-8-20(15-4-1-6-17(26)10-15)23(21)29-14-22(25)16-5-2-7-18(27)11-16/h1-4,6-11,16,19,22,26-28H,5,12-14H2/t16?,19-,22+/m0/s1. The summed E-state index contributed by atoms with van der Waals surface area (Å²) in [5.74, 6) is 0.976. The zero-order valence-corrected chi connectivity index (χ0v) is 15.9. The molecule has 152 valence electrons. The summed E-state index contributed by atoms with van der Waals surface area (Å²) in [5, 5.41) is 29.8. The summed E-state index contributed by atoms with van der Waals surface area (Å²) >= 11 is 0. The molecule has 0 spiro atoms. The number of anilines is 1. The highest BCUT2D eigenvalue weighted by molar-refractivity contribution is 5.80. The van der Waals surface area contributed by atoms with Crippen LogP contribution >= 0.6 is 0 Å². The van der Waals surface area contributed by atoms with E-state index < -0.39 is 12.8 Å². The van der Waals surface area contributed by atoms with Crippen molar-refractivity contribution < 1.29 is 24.4 Å². The minimum atomic E-state index is -1.12. The number of rotatable bonds is 5. The fourth-order valence-corrected chi connectivity index (χ4v) is 4.06. The van der Waals surface area contributed by atoms with E-state index in [2.05, 4.69) is 0 Å². The monoisotopic (exact) mass is 397 g/mol. The van der Waals surface area contributed by atoms with Crippen molar-refractivity contribution in [2.75, 3.05) is 24.7 Å². The molecule has 6 heteroatoms. The number of para-hydroxylation sites is 1.